The minimum Gasteiger partial charge on any atom is -0.403 e. The van der Waals surface area contributed by atoms with Crippen molar-refractivity contribution in [1.29, 1.82) is 0 Å². The Labute approximate surface area is 225 Å². The topological polar surface area (TPSA) is 40.2 Å². The van der Waals surface area contributed by atoms with Gasteiger partial charge in [-0.05, 0) is 91.6 Å². The lowest BCUT2D eigenvalue weighted by Crippen LogP contribution is -2.41. The van der Waals surface area contributed by atoms with Crippen LogP contribution in [0.4, 0.5) is 0 Å². The lowest BCUT2D eigenvalue weighted by Gasteiger charge is -2.32. The van der Waals surface area contributed by atoms with Crippen molar-refractivity contribution in [3.05, 3.63) is 71.8 Å². The predicted molar refractivity (Wildman–Crippen MR) is 152 cm³/mol. The van der Waals surface area contributed by atoms with Gasteiger partial charge in [0, 0.05) is 13.1 Å². The van der Waals surface area contributed by atoms with Crippen molar-refractivity contribution in [2.24, 2.45) is 0 Å². The smallest absolute Gasteiger partial charge is 0.403 e. The van der Waals surface area contributed by atoms with Gasteiger partial charge in [-0.3, -0.25) is 4.90 Å². The minimum absolute atomic E-state index is 0.129. The monoisotopic (exact) mass is 505 g/mol. The third-order valence-electron chi connectivity index (χ3n) is 8.77. The molecule has 0 N–H and O–H groups in total. The second kappa shape index (κ2) is 10.9. The third-order valence-corrected chi connectivity index (χ3v) is 8.77. The molecule has 0 aromatic heterocycles. The summed E-state index contributed by atoms with van der Waals surface area (Å²) < 4.78 is 25.9. The van der Waals surface area contributed by atoms with Crippen molar-refractivity contribution < 1.29 is 18.6 Å². The molecule has 0 spiro atoms. The maximum absolute atomic E-state index is 6.56. The van der Waals surface area contributed by atoms with Crippen LogP contribution in [0.2, 0.25) is 12.1 Å². The molecular formula is C30H45B2NO4. The van der Waals surface area contributed by atoms with Gasteiger partial charge in [-0.25, -0.2) is 0 Å². The summed E-state index contributed by atoms with van der Waals surface area (Å²) in [7, 11) is -0.593. The van der Waals surface area contributed by atoms with E-state index < -0.39 is 0 Å². The molecule has 0 saturated carbocycles. The van der Waals surface area contributed by atoms with E-state index in [0.717, 1.165) is 32.4 Å². The Morgan fingerprint density at radius 1 is 0.622 bits per heavy atom. The zero-order valence-electron chi connectivity index (χ0n) is 24.1. The highest BCUT2D eigenvalue weighted by Gasteiger charge is 2.56. The lowest BCUT2D eigenvalue weighted by atomic mass is 9.59. The van der Waals surface area contributed by atoms with Gasteiger partial charge in [0.1, 0.15) is 0 Å². The van der Waals surface area contributed by atoms with Crippen LogP contribution in [-0.2, 0) is 31.7 Å². The standard InChI is InChI=1S/C30H45B2NO4/c1-27(2)28(3,4)35-31(34-27)21-26(32-36-29(5,6)30(7,8)37-32)19-20-33(22-24-15-11-9-12-16-24)23-25-17-13-10-14-18-25/h9-18,26H,19-23H2,1-8H3/t26-/m1/s1. The number of benzene rings is 2. The Bertz CT molecular complexity index is 939. The van der Waals surface area contributed by atoms with Crippen LogP contribution in [0.15, 0.2) is 60.7 Å². The van der Waals surface area contributed by atoms with Crippen LogP contribution in [0.1, 0.15) is 72.9 Å². The van der Waals surface area contributed by atoms with E-state index in [1.54, 1.807) is 0 Å². The van der Waals surface area contributed by atoms with Crippen LogP contribution in [0.3, 0.4) is 0 Å². The summed E-state index contributed by atoms with van der Waals surface area (Å²) in [4.78, 5) is 2.52. The maximum Gasteiger partial charge on any atom is 0.460 e. The fraction of sp³-hybridized carbons (Fsp3) is 0.600. The molecule has 0 radical (unpaired) electrons. The highest BCUT2D eigenvalue weighted by Crippen LogP contribution is 2.45. The molecule has 7 heteroatoms. The van der Waals surface area contributed by atoms with Crippen LogP contribution in [0.5, 0.6) is 0 Å². The molecule has 1 atom stereocenters. The van der Waals surface area contributed by atoms with Crippen molar-refractivity contribution in [1.82, 2.24) is 4.90 Å². The number of nitrogens with zero attached hydrogens (tertiary/aromatic N) is 1. The van der Waals surface area contributed by atoms with Gasteiger partial charge in [-0.15, -0.1) is 0 Å². The first kappa shape index (κ1) is 28.4. The van der Waals surface area contributed by atoms with E-state index in [1.807, 2.05) is 0 Å². The molecule has 2 saturated heterocycles. The van der Waals surface area contributed by atoms with E-state index in [1.165, 1.54) is 11.1 Å². The average molecular weight is 505 g/mol. The summed E-state index contributed by atoms with van der Waals surface area (Å²) in [5.74, 6) is 0.129. The Hall–Kier alpha value is -1.63. The molecule has 0 unspecified atom stereocenters. The van der Waals surface area contributed by atoms with Gasteiger partial charge in [-0.1, -0.05) is 60.7 Å². The molecule has 2 aromatic carbocycles. The maximum atomic E-state index is 6.56. The molecular weight excluding hydrogens is 460 g/mol. The van der Waals surface area contributed by atoms with Gasteiger partial charge in [0.25, 0.3) is 0 Å². The molecule has 4 rings (SSSR count). The second-order valence-electron chi connectivity index (χ2n) is 12.8. The molecule has 2 aliphatic rings. The molecule has 200 valence electrons. The molecule has 0 amide bonds. The Kier molecular flexibility index (Phi) is 8.33. The van der Waals surface area contributed by atoms with Crippen LogP contribution < -0.4 is 0 Å². The van der Waals surface area contributed by atoms with Crippen molar-refractivity contribution >= 4 is 14.2 Å². The third kappa shape index (κ3) is 6.69. The predicted octanol–water partition coefficient (Wildman–Crippen LogP) is 6.63. The van der Waals surface area contributed by atoms with Crippen LogP contribution >= 0.6 is 0 Å². The van der Waals surface area contributed by atoms with Gasteiger partial charge < -0.3 is 18.6 Å². The number of hydrogen-bond donors (Lipinski definition) is 0. The molecule has 5 nitrogen and oxygen atoms in total. The summed E-state index contributed by atoms with van der Waals surface area (Å²) >= 11 is 0. The second-order valence-corrected chi connectivity index (χ2v) is 12.8. The van der Waals surface area contributed by atoms with Gasteiger partial charge >= 0.3 is 14.2 Å². The summed E-state index contributed by atoms with van der Waals surface area (Å²) in [6, 6.07) is 21.4. The number of hydrogen-bond acceptors (Lipinski definition) is 5. The van der Waals surface area contributed by atoms with E-state index in [-0.39, 0.29) is 42.5 Å². The zero-order valence-corrected chi connectivity index (χ0v) is 24.1. The van der Waals surface area contributed by atoms with Gasteiger partial charge in [0.2, 0.25) is 0 Å². The molecule has 2 heterocycles. The first-order chi connectivity index (χ1) is 17.3. The Balaban J connectivity index is 1.52. The molecule has 0 bridgehead atoms. The van der Waals surface area contributed by atoms with Crippen molar-refractivity contribution in [3.63, 3.8) is 0 Å². The zero-order chi connectivity index (χ0) is 26.9. The normalized spacial score (nSPS) is 22.5. The molecule has 2 aromatic rings. The first-order valence-electron chi connectivity index (χ1n) is 13.8. The number of rotatable bonds is 10. The fourth-order valence-corrected chi connectivity index (χ4v) is 5.00. The molecule has 0 aliphatic carbocycles. The van der Waals surface area contributed by atoms with Gasteiger partial charge in [0.15, 0.2) is 0 Å². The quantitative estimate of drug-likeness (QED) is 0.339. The Morgan fingerprint density at radius 3 is 1.46 bits per heavy atom. The average Bonchev–Trinajstić information content (AvgIpc) is 3.16. The fourth-order valence-electron chi connectivity index (χ4n) is 5.00. The molecule has 2 fully saturated rings. The highest BCUT2D eigenvalue weighted by molar-refractivity contribution is 6.53. The van der Waals surface area contributed by atoms with E-state index in [4.69, 9.17) is 18.6 Å². The van der Waals surface area contributed by atoms with Crippen LogP contribution in [0.25, 0.3) is 0 Å². The minimum atomic E-state index is -0.375. The summed E-state index contributed by atoms with van der Waals surface area (Å²) in [6.07, 6.45) is 1.65. The van der Waals surface area contributed by atoms with Crippen molar-refractivity contribution in [2.45, 2.75) is 109 Å². The molecule has 37 heavy (non-hydrogen) atoms. The van der Waals surface area contributed by atoms with Crippen LogP contribution in [-0.4, -0.2) is 48.1 Å². The SMILES string of the molecule is CC1(C)OB(C[C@@H](CCN(Cc2ccccc2)Cc2ccccc2)B2OC(C)(C)C(C)(C)O2)OC1(C)C. The Morgan fingerprint density at radius 2 is 1.03 bits per heavy atom. The molecule has 2 aliphatic heterocycles. The van der Waals surface area contributed by atoms with E-state index in [0.29, 0.717) is 0 Å². The lowest BCUT2D eigenvalue weighted by molar-refractivity contribution is 0.00578. The van der Waals surface area contributed by atoms with Gasteiger partial charge in [-0.2, -0.15) is 0 Å². The van der Waals surface area contributed by atoms with Crippen molar-refractivity contribution in [3.8, 4) is 0 Å². The summed E-state index contributed by atoms with van der Waals surface area (Å²) in [6.45, 7) is 19.6. The highest BCUT2D eigenvalue weighted by atomic mass is 16.7. The largest absolute Gasteiger partial charge is 0.460 e. The van der Waals surface area contributed by atoms with Crippen molar-refractivity contribution in [2.75, 3.05) is 6.54 Å². The van der Waals surface area contributed by atoms with Gasteiger partial charge in [0.05, 0.1) is 22.4 Å². The first-order valence-corrected chi connectivity index (χ1v) is 13.8. The summed E-state index contributed by atoms with van der Waals surface area (Å²) in [5.41, 5.74) is 1.17. The van der Waals surface area contributed by atoms with E-state index in [9.17, 15) is 0 Å². The summed E-state index contributed by atoms with van der Waals surface area (Å²) in [5, 5.41) is 0. The van der Waals surface area contributed by atoms with Crippen LogP contribution in [0, 0.1) is 0 Å². The van der Waals surface area contributed by atoms with E-state index in [2.05, 4.69) is 121 Å². The van der Waals surface area contributed by atoms with E-state index >= 15 is 0 Å².